The van der Waals surface area contributed by atoms with E-state index in [2.05, 4.69) is 0 Å². The highest BCUT2D eigenvalue weighted by atomic mass is 19.1. The maximum absolute atomic E-state index is 13.1. The van der Waals surface area contributed by atoms with Crippen LogP contribution in [0.15, 0.2) is 41.2 Å². The van der Waals surface area contributed by atoms with Crippen molar-refractivity contribution in [3.8, 4) is 17.3 Å². The number of halogens is 1. The van der Waals surface area contributed by atoms with Gasteiger partial charge in [-0.1, -0.05) is 0 Å². The highest BCUT2D eigenvalue weighted by Gasteiger charge is 2.33. The van der Waals surface area contributed by atoms with Crippen molar-refractivity contribution >= 4 is 5.97 Å². The highest BCUT2D eigenvalue weighted by Crippen LogP contribution is 2.25. The van der Waals surface area contributed by atoms with Crippen molar-refractivity contribution in [2.75, 3.05) is 0 Å². The van der Waals surface area contributed by atoms with Gasteiger partial charge in [0.2, 0.25) is 0 Å². The first-order valence-electron chi connectivity index (χ1n) is 6.45. The molecule has 0 aliphatic rings. The molecule has 22 heavy (non-hydrogen) atoms. The molecule has 0 aliphatic carbocycles. The van der Waals surface area contributed by atoms with Gasteiger partial charge in [-0.15, -0.1) is 0 Å². The van der Waals surface area contributed by atoms with Crippen molar-refractivity contribution in [3.05, 3.63) is 58.1 Å². The molecule has 1 N–H and O–H groups in total. The molecule has 0 fully saturated rings. The average Bonchev–Trinajstić information content (AvgIpc) is 2.47. The molecule has 0 amide bonds. The maximum Gasteiger partial charge on any atom is 0.329 e. The molecule has 0 radical (unpaired) electrons. The summed E-state index contributed by atoms with van der Waals surface area (Å²) in [4.78, 5) is 23.9. The van der Waals surface area contributed by atoms with Gasteiger partial charge in [0, 0.05) is 0 Å². The van der Waals surface area contributed by atoms with Crippen LogP contribution in [0.1, 0.15) is 19.4 Å². The first-order chi connectivity index (χ1) is 10.3. The molecule has 1 aromatic heterocycles. The minimum absolute atomic E-state index is 0.153. The van der Waals surface area contributed by atoms with E-state index in [9.17, 15) is 19.1 Å². The minimum atomic E-state index is -1.56. The van der Waals surface area contributed by atoms with Crippen molar-refractivity contribution in [1.29, 1.82) is 5.26 Å². The second-order valence-corrected chi connectivity index (χ2v) is 5.26. The van der Waals surface area contributed by atoms with Crippen LogP contribution in [0.4, 0.5) is 4.39 Å². The van der Waals surface area contributed by atoms with Crippen molar-refractivity contribution in [3.63, 3.8) is 0 Å². The molecule has 2 rings (SSSR count). The second kappa shape index (κ2) is 5.45. The van der Waals surface area contributed by atoms with E-state index in [1.165, 1.54) is 50.2 Å². The van der Waals surface area contributed by atoms with Gasteiger partial charge in [0.25, 0.3) is 5.56 Å². The Hall–Kier alpha value is -2.94. The number of aromatic nitrogens is 1. The molecule has 0 aliphatic heterocycles. The maximum atomic E-state index is 13.1. The highest BCUT2D eigenvalue weighted by molar-refractivity contribution is 5.77. The van der Waals surface area contributed by atoms with Crippen LogP contribution < -0.4 is 5.56 Å². The molecule has 6 heteroatoms. The van der Waals surface area contributed by atoms with Gasteiger partial charge in [0.15, 0.2) is 0 Å². The molecule has 5 nitrogen and oxygen atoms in total. The summed E-state index contributed by atoms with van der Waals surface area (Å²) in [5.74, 6) is -1.66. The first kappa shape index (κ1) is 15.4. The van der Waals surface area contributed by atoms with E-state index >= 15 is 0 Å². The predicted molar refractivity (Wildman–Crippen MR) is 77.8 cm³/mol. The van der Waals surface area contributed by atoms with E-state index in [0.29, 0.717) is 11.3 Å². The predicted octanol–water partition coefficient (Wildman–Crippen LogP) is 2.35. The fourth-order valence-corrected chi connectivity index (χ4v) is 2.12. The Labute approximate surface area is 125 Å². The van der Waals surface area contributed by atoms with Crippen LogP contribution >= 0.6 is 0 Å². The van der Waals surface area contributed by atoms with Gasteiger partial charge < -0.3 is 5.11 Å². The Morgan fingerprint density at radius 1 is 1.23 bits per heavy atom. The van der Waals surface area contributed by atoms with Crippen molar-refractivity contribution < 1.29 is 14.3 Å². The van der Waals surface area contributed by atoms with Gasteiger partial charge >= 0.3 is 5.97 Å². The number of pyridine rings is 1. The number of carboxylic acids is 1. The van der Waals surface area contributed by atoms with Crippen LogP contribution in [0, 0.1) is 17.1 Å². The lowest BCUT2D eigenvalue weighted by atomic mass is 10.0. The summed E-state index contributed by atoms with van der Waals surface area (Å²) in [5, 5.41) is 18.4. The number of nitriles is 1. The summed E-state index contributed by atoms with van der Waals surface area (Å²) in [6, 6.07) is 9.90. The molecule has 2 aromatic rings. The van der Waals surface area contributed by atoms with Gasteiger partial charge in [-0.25, -0.2) is 9.18 Å². The Morgan fingerprint density at radius 2 is 1.82 bits per heavy atom. The molecule has 112 valence electrons. The lowest BCUT2D eigenvalue weighted by Gasteiger charge is -2.26. The van der Waals surface area contributed by atoms with Crippen LogP contribution in [-0.4, -0.2) is 15.6 Å². The van der Waals surface area contributed by atoms with E-state index in [4.69, 9.17) is 5.26 Å². The normalized spacial score (nSPS) is 11.0. The topological polar surface area (TPSA) is 83.1 Å². The molecule has 0 atom stereocenters. The van der Waals surface area contributed by atoms with Crippen LogP contribution in [0.5, 0.6) is 0 Å². The summed E-state index contributed by atoms with van der Waals surface area (Å²) in [6.07, 6.45) is 0. The van der Waals surface area contributed by atoms with Crippen LogP contribution in [0.25, 0.3) is 11.3 Å². The monoisotopic (exact) mass is 300 g/mol. The summed E-state index contributed by atoms with van der Waals surface area (Å²) in [6.45, 7) is 2.73. The van der Waals surface area contributed by atoms with Crippen molar-refractivity contribution in [2.45, 2.75) is 19.4 Å². The first-order valence-corrected chi connectivity index (χ1v) is 6.45. The number of carbonyl (C=O) groups is 1. The third-order valence-corrected chi connectivity index (χ3v) is 3.43. The van der Waals surface area contributed by atoms with Crippen LogP contribution in [-0.2, 0) is 10.3 Å². The molecule has 0 saturated carbocycles. The van der Waals surface area contributed by atoms with Crippen molar-refractivity contribution in [1.82, 2.24) is 4.57 Å². The van der Waals surface area contributed by atoms with Gasteiger partial charge in [-0.2, -0.15) is 5.26 Å². The van der Waals surface area contributed by atoms with E-state index in [-0.39, 0.29) is 5.56 Å². The van der Waals surface area contributed by atoms with Crippen LogP contribution in [0.3, 0.4) is 0 Å². The van der Waals surface area contributed by atoms with E-state index in [1.807, 2.05) is 0 Å². The summed E-state index contributed by atoms with van der Waals surface area (Å²) in [7, 11) is 0. The fraction of sp³-hybridized carbons (Fsp3) is 0.188. The number of hydrogen-bond donors (Lipinski definition) is 1. The second-order valence-electron chi connectivity index (χ2n) is 5.26. The smallest absolute Gasteiger partial charge is 0.329 e. The fourth-order valence-electron chi connectivity index (χ4n) is 2.12. The van der Waals surface area contributed by atoms with Gasteiger partial charge in [-0.3, -0.25) is 9.36 Å². The largest absolute Gasteiger partial charge is 0.480 e. The Balaban J connectivity index is 2.84. The molecule has 1 aromatic carbocycles. The zero-order valence-electron chi connectivity index (χ0n) is 12.0. The average molecular weight is 300 g/mol. The molecular weight excluding hydrogens is 287 g/mol. The quantitative estimate of drug-likeness (QED) is 0.943. The molecule has 0 saturated heterocycles. The van der Waals surface area contributed by atoms with Gasteiger partial charge in [-0.05, 0) is 55.8 Å². The number of nitrogens with zero attached hydrogens (tertiary/aromatic N) is 2. The lowest BCUT2D eigenvalue weighted by Crippen LogP contribution is -2.44. The molecule has 0 spiro atoms. The molecular formula is C16H13FN2O3. The molecule has 0 unspecified atom stereocenters. The summed E-state index contributed by atoms with van der Waals surface area (Å²) >= 11 is 0. The Bertz CT molecular complexity index is 830. The van der Waals surface area contributed by atoms with Crippen LogP contribution in [0.2, 0.25) is 0 Å². The number of aliphatic carboxylic acids is 1. The summed E-state index contributed by atoms with van der Waals surface area (Å²) < 4.78 is 14.1. The number of benzene rings is 1. The zero-order valence-corrected chi connectivity index (χ0v) is 12.0. The van der Waals surface area contributed by atoms with E-state index in [0.717, 1.165) is 4.57 Å². The molecule has 1 heterocycles. The zero-order chi connectivity index (χ0) is 16.5. The number of hydrogen-bond acceptors (Lipinski definition) is 3. The van der Waals surface area contributed by atoms with E-state index < -0.39 is 22.9 Å². The lowest BCUT2D eigenvalue weighted by molar-refractivity contribution is -0.145. The minimum Gasteiger partial charge on any atom is -0.480 e. The summed E-state index contributed by atoms with van der Waals surface area (Å²) in [5.41, 5.74) is -1.63. The third kappa shape index (κ3) is 2.49. The standard InChI is InChI=1S/C16H13FN2O3/c1-16(2,15(21)22)19-13(8-5-11(9-18)14(19)20)10-3-6-12(17)7-4-10/h3-8H,1-2H3,(H,21,22). The Kier molecular flexibility index (Phi) is 3.83. The van der Waals surface area contributed by atoms with Gasteiger partial charge in [0.05, 0.1) is 5.69 Å². The molecule has 0 bridgehead atoms. The SMILES string of the molecule is CC(C)(C(=O)O)n1c(-c2ccc(F)cc2)ccc(C#N)c1=O. The number of rotatable bonds is 3. The Morgan fingerprint density at radius 3 is 2.32 bits per heavy atom. The third-order valence-electron chi connectivity index (χ3n) is 3.43. The van der Waals surface area contributed by atoms with Crippen molar-refractivity contribution in [2.24, 2.45) is 0 Å². The van der Waals surface area contributed by atoms with E-state index in [1.54, 1.807) is 6.07 Å². The number of carboxylic acid groups (broad SMARTS) is 1. The van der Waals surface area contributed by atoms with Gasteiger partial charge in [0.1, 0.15) is 23.0 Å².